The van der Waals surface area contributed by atoms with Gasteiger partial charge in [0.25, 0.3) is 11.7 Å². The summed E-state index contributed by atoms with van der Waals surface area (Å²) in [6, 6.07) is 8.23. The maximum absolute atomic E-state index is 11.6. The fourth-order valence-electron chi connectivity index (χ4n) is 1.09. The molecule has 0 saturated heterocycles. The average molecular weight is 236 g/mol. The van der Waals surface area contributed by atoms with Crippen molar-refractivity contribution in [3.63, 3.8) is 0 Å². The highest BCUT2D eigenvalue weighted by molar-refractivity contribution is 6.38. The number of rotatable bonds is 2. The molecule has 1 amide bonds. The Morgan fingerprint density at radius 1 is 1.35 bits per heavy atom. The molecule has 0 atom stereocenters. The standard InChI is InChI=1S/C11H12N2O4/c1-2-17-11(15)9(13-16)12-10(14)8-6-4-3-5-7-8/h3-7,16H,2H2,1H3,(H,12,13,14). The van der Waals surface area contributed by atoms with Crippen LogP contribution in [0, 0.1) is 0 Å². The predicted molar refractivity (Wildman–Crippen MR) is 59.8 cm³/mol. The maximum atomic E-state index is 11.6. The van der Waals surface area contributed by atoms with Crippen LogP contribution in [0.15, 0.2) is 35.5 Å². The van der Waals surface area contributed by atoms with Gasteiger partial charge in [0.15, 0.2) is 0 Å². The number of oxime groups is 1. The molecule has 0 aliphatic heterocycles. The number of carbonyl (C=O) groups is 2. The first-order chi connectivity index (χ1) is 8.19. The van der Waals surface area contributed by atoms with Crippen LogP contribution in [0.1, 0.15) is 17.3 Å². The zero-order valence-corrected chi connectivity index (χ0v) is 9.21. The molecule has 0 aliphatic rings. The second kappa shape index (κ2) is 6.26. The number of esters is 1. The van der Waals surface area contributed by atoms with Crippen LogP contribution in [-0.4, -0.2) is 29.5 Å². The molecule has 0 unspecified atom stereocenters. The SMILES string of the molecule is CCOC(=O)/C(=N/O)NC(=O)c1ccccc1. The molecule has 17 heavy (non-hydrogen) atoms. The Hall–Kier alpha value is -2.37. The number of hydrogen-bond donors (Lipinski definition) is 2. The van der Waals surface area contributed by atoms with E-state index in [0.29, 0.717) is 5.56 Å². The Balaban J connectivity index is 2.71. The van der Waals surface area contributed by atoms with Gasteiger partial charge in [0, 0.05) is 5.56 Å². The highest BCUT2D eigenvalue weighted by atomic mass is 16.5. The van der Waals surface area contributed by atoms with Gasteiger partial charge in [-0.05, 0) is 19.1 Å². The van der Waals surface area contributed by atoms with Gasteiger partial charge < -0.3 is 9.94 Å². The Morgan fingerprint density at radius 3 is 2.53 bits per heavy atom. The van der Waals surface area contributed by atoms with Gasteiger partial charge in [-0.1, -0.05) is 23.4 Å². The molecular formula is C11H12N2O4. The predicted octanol–water partition coefficient (Wildman–Crippen LogP) is 0.767. The summed E-state index contributed by atoms with van der Waals surface area (Å²) < 4.78 is 4.59. The molecule has 2 N–H and O–H groups in total. The quantitative estimate of drug-likeness (QED) is 0.261. The molecule has 0 aliphatic carbocycles. The Bertz CT molecular complexity index is 428. The highest BCUT2D eigenvalue weighted by Crippen LogP contribution is 1.98. The van der Waals surface area contributed by atoms with Crippen molar-refractivity contribution in [1.29, 1.82) is 0 Å². The first kappa shape index (κ1) is 12.7. The van der Waals surface area contributed by atoms with Gasteiger partial charge in [0.2, 0.25) is 0 Å². The number of benzene rings is 1. The Kier molecular flexibility index (Phi) is 4.68. The summed E-state index contributed by atoms with van der Waals surface area (Å²) in [5.74, 6) is -1.98. The summed E-state index contributed by atoms with van der Waals surface area (Å²) in [4.78, 5) is 22.8. The molecule has 6 heteroatoms. The zero-order chi connectivity index (χ0) is 12.7. The monoisotopic (exact) mass is 236 g/mol. The van der Waals surface area contributed by atoms with Crippen molar-refractivity contribution < 1.29 is 19.5 Å². The van der Waals surface area contributed by atoms with Crippen molar-refractivity contribution >= 4 is 17.7 Å². The van der Waals surface area contributed by atoms with E-state index in [1.807, 2.05) is 0 Å². The van der Waals surface area contributed by atoms with E-state index in [9.17, 15) is 9.59 Å². The molecule has 0 aromatic heterocycles. The number of ether oxygens (including phenoxy) is 1. The van der Waals surface area contributed by atoms with E-state index in [4.69, 9.17) is 5.21 Å². The molecular weight excluding hydrogens is 224 g/mol. The van der Waals surface area contributed by atoms with E-state index in [-0.39, 0.29) is 6.61 Å². The Morgan fingerprint density at radius 2 is 2.00 bits per heavy atom. The highest BCUT2D eigenvalue weighted by Gasteiger charge is 2.17. The molecule has 0 radical (unpaired) electrons. The fourth-order valence-corrected chi connectivity index (χ4v) is 1.09. The van der Waals surface area contributed by atoms with E-state index >= 15 is 0 Å². The van der Waals surface area contributed by atoms with Crippen LogP contribution in [0.3, 0.4) is 0 Å². The minimum Gasteiger partial charge on any atom is -0.460 e. The number of nitrogens with zero attached hydrogens (tertiary/aromatic N) is 1. The first-order valence-corrected chi connectivity index (χ1v) is 4.94. The molecule has 1 rings (SSSR count). The number of amidine groups is 1. The molecule has 0 saturated carbocycles. The molecule has 0 bridgehead atoms. The van der Waals surface area contributed by atoms with Gasteiger partial charge in [0.1, 0.15) is 0 Å². The van der Waals surface area contributed by atoms with Crippen molar-refractivity contribution in [3.05, 3.63) is 35.9 Å². The van der Waals surface area contributed by atoms with Crippen LogP contribution >= 0.6 is 0 Å². The lowest BCUT2D eigenvalue weighted by Gasteiger charge is -2.05. The van der Waals surface area contributed by atoms with Gasteiger partial charge in [0.05, 0.1) is 6.61 Å². The summed E-state index contributed by atoms with van der Waals surface area (Å²) in [7, 11) is 0. The molecule has 6 nitrogen and oxygen atoms in total. The number of hydrogen-bond acceptors (Lipinski definition) is 5. The number of carbonyl (C=O) groups excluding carboxylic acids is 2. The van der Waals surface area contributed by atoms with E-state index < -0.39 is 17.7 Å². The minimum atomic E-state index is -0.890. The third-order valence-electron chi connectivity index (χ3n) is 1.84. The van der Waals surface area contributed by atoms with Crippen molar-refractivity contribution in [3.8, 4) is 0 Å². The molecule has 0 spiro atoms. The molecule has 0 heterocycles. The van der Waals surface area contributed by atoms with Gasteiger partial charge >= 0.3 is 5.97 Å². The van der Waals surface area contributed by atoms with Crippen LogP contribution in [0.2, 0.25) is 0 Å². The van der Waals surface area contributed by atoms with Gasteiger partial charge in [-0.2, -0.15) is 0 Å². The van der Waals surface area contributed by atoms with E-state index in [2.05, 4.69) is 15.2 Å². The lowest BCUT2D eigenvalue weighted by atomic mass is 10.2. The largest absolute Gasteiger partial charge is 0.460 e. The van der Waals surface area contributed by atoms with Crippen LogP contribution in [0.25, 0.3) is 0 Å². The second-order valence-corrected chi connectivity index (χ2v) is 2.99. The topological polar surface area (TPSA) is 88.0 Å². The van der Waals surface area contributed by atoms with Gasteiger partial charge in [-0.3, -0.25) is 10.1 Å². The van der Waals surface area contributed by atoms with E-state index in [1.165, 1.54) is 0 Å². The van der Waals surface area contributed by atoms with E-state index in [1.54, 1.807) is 37.3 Å². The molecule has 1 aromatic carbocycles. The van der Waals surface area contributed by atoms with Gasteiger partial charge in [-0.25, -0.2) is 4.79 Å². The van der Waals surface area contributed by atoms with Crippen molar-refractivity contribution in [1.82, 2.24) is 5.32 Å². The van der Waals surface area contributed by atoms with E-state index in [0.717, 1.165) is 0 Å². The third kappa shape index (κ3) is 3.60. The van der Waals surface area contributed by atoms with Crippen LogP contribution in [0.4, 0.5) is 0 Å². The summed E-state index contributed by atoms with van der Waals surface area (Å²) in [6.45, 7) is 1.73. The lowest BCUT2D eigenvalue weighted by Crippen LogP contribution is -2.37. The van der Waals surface area contributed by atoms with Crippen LogP contribution in [-0.2, 0) is 9.53 Å². The molecule has 0 fully saturated rings. The summed E-state index contributed by atoms with van der Waals surface area (Å²) in [6.07, 6.45) is 0. The van der Waals surface area contributed by atoms with Crippen molar-refractivity contribution in [2.75, 3.05) is 6.61 Å². The fraction of sp³-hybridized carbons (Fsp3) is 0.182. The third-order valence-corrected chi connectivity index (χ3v) is 1.84. The smallest absolute Gasteiger partial charge is 0.377 e. The maximum Gasteiger partial charge on any atom is 0.377 e. The normalized spacial score (nSPS) is 10.8. The Labute approximate surface area is 97.9 Å². The summed E-state index contributed by atoms with van der Waals surface area (Å²) in [5.41, 5.74) is 0.345. The average Bonchev–Trinajstić information content (AvgIpc) is 2.37. The van der Waals surface area contributed by atoms with Crippen LogP contribution < -0.4 is 5.32 Å². The zero-order valence-electron chi connectivity index (χ0n) is 9.21. The minimum absolute atomic E-state index is 0.124. The molecule has 1 aromatic rings. The number of amides is 1. The number of nitrogens with one attached hydrogen (secondary N) is 1. The summed E-state index contributed by atoms with van der Waals surface area (Å²) in [5, 5.41) is 13.4. The van der Waals surface area contributed by atoms with Crippen LogP contribution in [0.5, 0.6) is 0 Å². The second-order valence-electron chi connectivity index (χ2n) is 2.99. The van der Waals surface area contributed by atoms with Crippen molar-refractivity contribution in [2.45, 2.75) is 6.92 Å². The first-order valence-electron chi connectivity index (χ1n) is 4.94. The van der Waals surface area contributed by atoms with Gasteiger partial charge in [-0.15, -0.1) is 0 Å². The van der Waals surface area contributed by atoms with Crippen molar-refractivity contribution in [2.24, 2.45) is 5.16 Å². The summed E-state index contributed by atoms with van der Waals surface area (Å²) >= 11 is 0. The lowest BCUT2D eigenvalue weighted by molar-refractivity contribution is -0.135. The molecule has 90 valence electrons.